The van der Waals surface area contributed by atoms with Gasteiger partial charge in [-0.1, -0.05) is 19.8 Å². The van der Waals surface area contributed by atoms with Crippen molar-refractivity contribution in [1.82, 2.24) is 4.90 Å². The third-order valence-electron chi connectivity index (χ3n) is 4.63. The minimum Gasteiger partial charge on any atom is -0.481 e. The van der Waals surface area contributed by atoms with Crippen LogP contribution in [0.15, 0.2) is 0 Å². The standard InChI is InChI=1S/C15H25NO3/c1-11-4-2-5-12(8-11)9-14(17)16-7-3-6-13(10-16)15(18)19/h11-13H,2-10H2,1H3,(H,18,19)/t11?,12?,13-/m0/s1. The molecule has 2 rings (SSSR count). The Balaban J connectivity index is 1.83. The molecule has 3 atom stereocenters. The van der Waals surface area contributed by atoms with Gasteiger partial charge in [-0.05, 0) is 37.5 Å². The van der Waals surface area contributed by atoms with Crippen LogP contribution in [0.3, 0.4) is 0 Å². The number of carboxylic acids is 1. The Kier molecular flexibility index (Phi) is 4.83. The lowest BCUT2D eigenvalue weighted by molar-refractivity contribution is -0.146. The molecule has 0 aromatic heterocycles. The fourth-order valence-electron chi connectivity index (χ4n) is 3.53. The molecule has 2 unspecified atom stereocenters. The summed E-state index contributed by atoms with van der Waals surface area (Å²) in [6.07, 6.45) is 6.99. The van der Waals surface area contributed by atoms with Crippen LogP contribution < -0.4 is 0 Å². The molecule has 108 valence electrons. The molecule has 4 heteroatoms. The van der Waals surface area contributed by atoms with Crippen molar-refractivity contribution in [3.63, 3.8) is 0 Å². The monoisotopic (exact) mass is 267 g/mol. The molecule has 19 heavy (non-hydrogen) atoms. The van der Waals surface area contributed by atoms with E-state index in [1.54, 1.807) is 4.90 Å². The molecule has 1 heterocycles. The Morgan fingerprint density at radius 2 is 2.00 bits per heavy atom. The van der Waals surface area contributed by atoms with E-state index in [1.165, 1.54) is 12.8 Å². The number of piperidine rings is 1. The van der Waals surface area contributed by atoms with E-state index in [0.29, 0.717) is 25.3 Å². The number of carbonyl (C=O) groups excluding carboxylic acids is 1. The highest BCUT2D eigenvalue weighted by Crippen LogP contribution is 2.31. The zero-order chi connectivity index (χ0) is 13.8. The molecule has 1 saturated heterocycles. The van der Waals surface area contributed by atoms with E-state index in [1.807, 2.05) is 0 Å². The molecule has 4 nitrogen and oxygen atoms in total. The van der Waals surface area contributed by atoms with Crippen molar-refractivity contribution in [2.24, 2.45) is 17.8 Å². The van der Waals surface area contributed by atoms with Gasteiger partial charge in [0.15, 0.2) is 0 Å². The third kappa shape index (κ3) is 3.95. The number of carbonyl (C=O) groups is 2. The van der Waals surface area contributed by atoms with Crippen LogP contribution in [0.25, 0.3) is 0 Å². The molecule has 0 aromatic rings. The van der Waals surface area contributed by atoms with Gasteiger partial charge in [-0.15, -0.1) is 0 Å². The number of hydrogen-bond donors (Lipinski definition) is 1. The van der Waals surface area contributed by atoms with E-state index in [4.69, 9.17) is 5.11 Å². The number of likely N-dealkylation sites (tertiary alicyclic amines) is 1. The van der Waals surface area contributed by atoms with E-state index < -0.39 is 5.97 Å². The van der Waals surface area contributed by atoms with Gasteiger partial charge >= 0.3 is 5.97 Å². The topological polar surface area (TPSA) is 57.6 Å². The number of carboxylic acid groups (broad SMARTS) is 1. The summed E-state index contributed by atoms with van der Waals surface area (Å²) in [5.41, 5.74) is 0. The van der Waals surface area contributed by atoms with Gasteiger partial charge in [0.1, 0.15) is 0 Å². The van der Waals surface area contributed by atoms with Gasteiger partial charge in [-0.25, -0.2) is 0 Å². The van der Waals surface area contributed by atoms with Crippen LogP contribution >= 0.6 is 0 Å². The number of amides is 1. The van der Waals surface area contributed by atoms with E-state index in [9.17, 15) is 9.59 Å². The Labute approximate surface area is 115 Å². The molecule has 2 fully saturated rings. The quantitative estimate of drug-likeness (QED) is 0.855. The molecular weight excluding hydrogens is 242 g/mol. The summed E-state index contributed by atoms with van der Waals surface area (Å²) < 4.78 is 0. The third-order valence-corrected chi connectivity index (χ3v) is 4.63. The maximum Gasteiger partial charge on any atom is 0.308 e. The van der Waals surface area contributed by atoms with Gasteiger partial charge < -0.3 is 10.0 Å². The smallest absolute Gasteiger partial charge is 0.308 e. The predicted octanol–water partition coefficient (Wildman–Crippen LogP) is 2.53. The molecule has 1 N–H and O–H groups in total. The lowest BCUT2D eigenvalue weighted by Gasteiger charge is -2.33. The Morgan fingerprint density at radius 1 is 1.21 bits per heavy atom. The number of nitrogens with zero attached hydrogens (tertiary/aromatic N) is 1. The molecule has 2 aliphatic rings. The highest BCUT2D eigenvalue weighted by Gasteiger charge is 2.30. The first kappa shape index (κ1) is 14.4. The molecule has 1 aliphatic heterocycles. The van der Waals surface area contributed by atoms with Crippen molar-refractivity contribution in [1.29, 1.82) is 0 Å². The van der Waals surface area contributed by atoms with Gasteiger partial charge in [0, 0.05) is 19.5 Å². The predicted molar refractivity (Wildman–Crippen MR) is 72.7 cm³/mol. The van der Waals surface area contributed by atoms with E-state index in [-0.39, 0.29) is 11.8 Å². The SMILES string of the molecule is CC1CCCC(CC(=O)N2CCC[C@H](C(=O)O)C2)C1. The van der Waals surface area contributed by atoms with Crippen molar-refractivity contribution in [3.05, 3.63) is 0 Å². The van der Waals surface area contributed by atoms with Crippen LogP contribution in [-0.2, 0) is 9.59 Å². The van der Waals surface area contributed by atoms with Crippen LogP contribution in [0.4, 0.5) is 0 Å². The van der Waals surface area contributed by atoms with Gasteiger partial charge in [0.2, 0.25) is 5.91 Å². The van der Waals surface area contributed by atoms with Crippen molar-refractivity contribution in [3.8, 4) is 0 Å². The molecule has 0 bridgehead atoms. The van der Waals surface area contributed by atoms with Gasteiger partial charge in [-0.2, -0.15) is 0 Å². The molecule has 0 spiro atoms. The molecule has 0 aromatic carbocycles. The molecule has 0 radical (unpaired) electrons. The first-order chi connectivity index (χ1) is 9.06. The summed E-state index contributed by atoms with van der Waals surface area (Å²) in [6.45, 7) is 3.42. The van der Waals surface area contributed by atoms with E-state index in [2.05, 4.69) is 6.92 Å². The zero-order valence-corrected chi connectivity index (χ0v) is 11.8. The second kappa shape index (κ2) is 6.40. The summed E-state index contributed by atoms with van der Waals surface area (Å²) in [7, 11) is 0. The average Bonchev–Trinajstić information content (AvgIpc) is 2.39. The second-order valence-corrected chi connectivity index (χ2v) is 6.36. The summed E-state index contributed by atoms with van der Waals surface area (Å²) >= 11 is 0. The second-order valence-electron chi connectivity index (χ2n) is 6.36. The van der Waals surface area contributed by atoms with Crippen molar-refractivity contribution in [2.45, 2.75) is 51.9 Å². The summed E-state index contributed by atoms with van der Waals surface area (Å²) in [6, 6.07) is 0. The number of aliphatic carboxylic acids is 1. The van der Waals surface area contributed by atoms with Gasteiger partial charge in [-0.3, -0.25) is 9.59 Å². The van der Waals surface area contributed by atoms with Gasteiger partial charge in [0.25, 0.3) is 0 Å². The van der Waals surface area contributed by atoms with Crippen LogP contribution in [0.5, 0.6) is 0 Å². The lowest BCUT2D eigenvalue weighted by Crippen LogP contribution is -2.43. The zero-order valence-electron chi connectivity index (χ0n) is 11.8. The van der Waals surface area contributed by atoms with Crippen molar-refractivity contribution < 1.29 is 14.7 Å². The maximum atomic E-state index is 12.3. The summed E-state index contributed by atoms with van der Waals surface area (Å²) in [5.74, 6) is 0.304. The average molecular weight is 267 g/mol. The molecular formula is C15H25NO3. The van der Waals surface area contributed by atoms with Gasteiger partial charge in [0.05, 0.1) is 5.92 Å². The van der Waals surface area contributed by atoms with Crippen molar-refractivity contribution >= 4 is 11.9 Å². The molecule has 1 amide bonds. The first-order valence-electron chi connectivity index (χ1n) is 7.57. The number of rotatable bonds is 3. The summed E-state index contributed by atoms with van der Waals surface area (Å²) in [4.78, 5) is 25.1. The Morgan fingerprint density at radius 3 is 2.68 bits per heavy atom. The largest absolute Gasteiger partial charge is 0.481 e. The highest BCUT2D eigenvalue weighted by atomic mass is 16.4. The highest BCUT2D eigenvalue weighted by molar-refractivity contribution is 5.78. The first-order valence-corrected chi connectivity index (χ1v) is 7.57. The molecule has 1 saturated carbocycles. The van der Waals surface area contributed by atoms with E-state index >= 15 is 0 Å². The lowest BCUT2D eigenvalue weighted by atomic mass is 9.80. The summed E-state index contributed by atoms with van der Waals surface area (Å²) in [5, 5.41) is 9.06. The van der Waals surface area contributed by atoms with Crippen LogP contribution in [-0.4, -0.2) is 35.0 Å². The minimum atomic E-state index is -0.760. The van der Waals surface area contributed by atoms with Crippen molar-refractivity contribution in [2.75, 3.05) is 13.1 Å². The minimum absolute atomic E-state index is 0.171. The Hall–Kier alpha value is -1.06. The fraction of sp³-hybridized carbons (Fsp3) is 0.867. The van der Waals surface area contributed by atoms with E-state index in [0.717, 1.165) is 31.7 Å². The number of hydrogen-bond acceptors (Lipinski definition) is 2. The van der Waals surface area contributed by atoms with Crippen LogP contribution in [0, 0.1) is 17.8 Å². The Bertz CT molecular complexity index is 342. The van der Waals surface area contributed by atoms with Crippen LogP contribution in [0.1, 0.15) is 51.9 Å². The maximum absolute atomic E-state index is 12.3. The normalized spacial score (nSPS) is 32.1. The fourth-order valence-corrected chi connectivity index (χ4v) is 3.53. The van der Waals surface area contributed by atoms with Crippen LogP contribution in [0.2, 0.25) is 0 Å². The molecule has 1 aliphatic carbocycles.